The minimum absolute atomic E-state index is 0.0836. The van der Waals surface area contributed by atoms with Gasteiger partial charge in [0.1, 0.15) is 12.2 Å². The monoisotopic (exact) mass is 336 g/mol. The Labute approximate surface area is 126 Å². The summed E-state index contributed by atoms with van der Waals surface area (Å²) in [5.74, 6) is 0.885. The summed E-state index contributed by atoms with van der Waals surface area (Å²) in [5, 5.41) is 10.8. The topological polar surface area (TPSA) is 59.8 Å². The van der Waals surface area contributed by atoms with E-state index in [1.807, 2.05) is 43.7 Å². The summed E-state index contributed by atoms with van der Waals surface area (Å²) >= 11 is 3.43. The van der Waals surface area contributed by atoms with E-state index >= 15 is 0 Å². The predicted molar refractivity (Wildman–Crippen MR) is 80.6 cm³/mol. The standard InChI is InChI=1S/C14H17BrN4O/c1-9-4-5-11(6-12(9)15)14(20)16-7-10(2)13-18-17-8-19(13)3/h4-6,8,10H,7H2,1-3H3,(H,16,20). The molecule has 1 amide bonds. The number of nitrogens with zero attached hydrogens (tertiary/aromatic N) is 3. The average Bonchev–Trinajstić information content (AvgIpc) is 2.85. The van der Waals surface area contributed by atoms with Crippen LogP contribution in [-0.2, 0) is 7.05 Å². The van der Waals surface area contributed by atoms with E-state index in [0.29, 0.717) is 12.1 Å². The molecular weight excluding hydrogens is 320 g/mol. The number of carbonyl (C=O) groups excluding carboxylic acids is 1. The number of nitrogens with one attached hydrogen (secondary N) is 1. The van der Waals surface area contributed by atoms with Crippen molar-refractivity contribution < 1.29 is 4.79 Å². The molecule has 2 rings (SSSR count). The maximum absolute atomic E-state index is 12.1. The molecular formula is C14H17BrN4O. The summed E-state index contributed by atoms with van der Waals surface area (Å²) < 4.78 is 2.80. The van der Waals surface area contributed by atoms with Crippen molar-refractivity contribution in [3.8, 4) is 0 Å². The van der Waals surface area contributed by atoms with Gasteiger partial charge in [0, 0.05) is 29.5 Å². The molecule has 1 aromatic carbocycles. The Morgan fingerprint density at radius 1 is 1.50 bits per heavy atom. The lowest BCUT2D eigenvalue weighted by atomic mass is 10.1. The molecule has 0 aliphatic carbocycles. The Morgan fingerprint density at radius 2 is 2.25 bits per heavy atom. The number of benzene rings is 1. The molecule has 5 nitrogen and oxygen atoms in total. The summed E-state index contributed by atoms with van der Waals surface area (Å²) in [6.45, 7) is 4.52. The minimum atomic E-state index is -0.0836. The van der Waals surface area contributed by atoms with Gasteiger partial charge in [0.25, 0.3) is 5.91 Å². The molecule has 0 aliphatic heterocycles. The van der Waals surface area contributed by atoms with E-state index < -0.39 is 0 Å². The van der Waals surface area contributed by atoms with Gasteiger partial charge >= 0.3 is 0 Å². The van der Waals surface area contributed by atoms with Crippen LogP contribution in [0.1, 0.15) is 34.6 Å². The Morgan fingerprint density at radius 3 is 2.85 bits per heavy atom. The smallest absolute Gasteiger partial charge is 0.251 e. The highest BCUT2D eigenvalue weighted by molar-refractivity contribution is 9.10. The molecule has 1 unspecified atom stereocenters. The maximum Gasteiger partial charge on any atom is 0.251 e. The zero-order chi connectivity index (χ0) is 14.7. The number of aromatic nitrogens is 3. The zero-order valence-electron chi connectivity index (χ0n) is 11.7. The van der Waals surface area contributed by atoms with Crippen LogP contribution in [0, 0.1) is 6.92 Å². The van der Waals surface area contributed by atoms with E-state index in [2.05, 4.69) is 31.4 Å². The van der Waals surface area contributed by atoms with Crippen LogP contribution in [0.3, 0.4) is 0 Å². The number of hydrogen-bond donors (Lipinski definition) is 1. The highest BCUT2D eigenvalue weighted by Crippen LogP contribution is 2.17. The van der Waals surface area contributed by atoms with Crippen molar-refractivity contribution in [3.63, 3.8) is 0 Å². The van der Waals surface area contributed by atoms with Crippen molar-refractivity contribution in [3.05, 3.63) is 46.0 Å². The fourth-order valence-electron chi connectivity index (χ4n) is 1.91. The summed E-state index contributed by atoms with van der Waals surface area (Å²) in [7, 11) is 1.89. The molecule has 6 heteroatoms. The Hall–Kier alpha value is -1.69. The van der Waals surface area contributed by atoms with Gasteiger partial charge in [-0.25, -0.2) is 0 Å². The number of halogens is 1. The van der Waals surface area contributed by atoms with Crippen LogP contribution in [0.15, 0.2) is 29.0 Å². The average molecular weight is 337 g/mol. The van der Waals surface area contributed by atoms with Crippen molar-refractivity contribution in [2.45, 2.75) is 19.8 Å². The lowest BCUT2D eigenvalue weighted by molar-refractivity contribution is 0.0951. The molecule has 1 heterocycles. The lowest BCUT2D eigenvalue weighted by Gasteiger charge is -2.12. The number of amides is 1. The number of rotatable bonds is 4. The van der Waals surface area contributed by atoms with Gasteiger partial charge in [0.2, 0.25) is 0 Å². The molecule has 0 aliphatic rings. The van der Waals surface area contributed by atoms with Crippen molar-refractivity contribution in [2.75, 3.05) is 6.54 Å². The van der Waals surface area contributed by atoms with E-state index in [-0.39, 0.29) is 11.8 Å². The Balaban J connectivity index is 1.98. The third-order valence-electron chi connectivity index (χ3n) is 3.19. The first-order valence-electron chi connectivity index (χ1n) is 6.37. The summed E-state index contributed by atoms with van der Waals surface area (Å²) in [6.07, 6.45) is 1.66. The van der Waals surface area contributed by atoms with E-state index in [4.69, 9.17) is 0 Å². The molecule has 106 valence electrons. The van der Waals surface area contributed by atoms with Gasteiger partial charge in [-0.05, 0) is 24.6 Å². The number of hydrogen-bond acceptors (Lipinski definition) is 3. The summed E-state index contributed by atoms with van der Waals surface area (Å²) in [5.41, 5.74) is 1.75. The highest BCUT2D eigenvalue weighted by Gasteiger charge is 2.13. The predicted octanol–water partition coefficient (Wildman–Crippen LogP) is 2.42. The Kier molecular flexibility index (Phi) is 4.54. The molecule has 1 N–H and O–H groups in total. The van der Waals surface area contributed by atoms with E-state index in [1.54, 1.807) is 6.33 Å². The largest absolute Gasteiger partial charge is 0.351 e. The van der Waals surface area contributed by atoms with Crippen LogP contribution >= 0.6 is 15.9 Å². The second-order valence-corrected chi connectivity index (χ2v) is 5.73. The Bertz CT molecular complexity index is 623. The van der Waals surface area contributed by atoms with E-state index in [1.165, 1.54) is 0 Å². The lowest BCUT2D eigenvalue weighted by Crippen LogP contribution is -2.28. The van der Waals surface area contributed by atoms with Gasteiger partial charge in [-0.1, -0.05) is 28.9 Å². The molecule has 2 aromatic rings. The second-order valence-electron chi connectivity index (χ2n) is 4.88. The molecule has 0 spiro atoms. The normalized spacial score (nSPS) is 12.2. The fourth-order valence-corrected chi connectivity index (χ4v) is 2.29. The SMILES string of the molecule is Cc1ccc(C(=O)NCC(C)c2nncn2C)cc1Br. The van der Waals surface area contributed by atoms with E-state index in [0.717, 1.165) is 15.9 Å². The van der Waals surface area contributed by atoms with Crippen molar-refractivity contribution >= 4 is 21.8 Å². The molecule has 0 saturated carbocycles. The van der Waals surface area contributed by atoms with Crippen LogP contribution in [-0.4, -0.2) is 27.2 Å². The molecule has 0 radical (unpaired) electrons. The second kappa shape index (κ2) is 6.17. The maximum atomic E-state index is 12.1. The highest BCUT2D eigenvalue weighted by atomic mass is 79.9. The molecule has 1 atom stereocenters. The van der Waals surface area contributed by atoms with Gasteiger partial charge in [0.15, 0.2) is 0 Å². The van der Waals surface area contributed by atoms with Gasteiger partial charge in [-0.3, -0.25) is 4.79 Å². The molecule has 20 heavy (non-hydrogen) atoms. The van der Waals surface area contributed by atoms with Gasteiger partial charge < -0.3 is 9.88 Å². The van der Waals surface area contributed by atoms with Crippen LogP contribution in [0.2, 0.25) is 0 Å². The first kappa shape index (κ1) is 14.7. The van der Waals surface area contributed by atoms with Gasteiger partial charge in [-0.2, -0.15) is 0 Å². The fraction of sp³-hybridized carbons (Fsp3) is 0.357. The summed E-state index contributed by atoms with van der Waals surface area (Å²) in [6, 6.07) is 5.57. The van der Waals surface area contributed by atoms with Crippen molar-refractivity contribution in [2.24, 2.45) is 7.05 Å². The number of carbonyl (C=O) groups is 1. The summed E-state index contributed by atoms with van der Waals surface area (Å²) in [4.78, 5) is 12.1. The third-order valence-corrected chi connectivity index (χ3v) is 4.04. The molecule has 1 aromatic heterocycles. The van der Waals surface area contributed by atoms with Gasteiger partial charge in [-0.15, -0.1) is 10.2 Å². The zero-order valence-corrected chi connectivity index (χ0v) is 13.3. The first-order chi connectivity index (χ1) is 9.49. The van der Waals surface area contributed by atoms with E-state index in [9.17, 15) is 4.79 Å². The van der Waals surface area contributed by atoms with Crippen LogP contribution in [0.4, 0.5) is 0 Å². The van der Waals surface area contributed by atoms with Crippen molar-refractivity contribution in [1.82, 2.24) is 20.1 Å². The molecule has 0 fully saturated rings. The molecule has 0 saturated heterocycles. The third kappa shape index (κ3) is 3.25. The minimum Gasteiger partial charge on any atom is -0.351 e. The van der Waals surface area contributed by atoms with Crippen LogP contribution < -0.4 is 5.32 Å². The quantitative estimate of drug-likeness (QED) is 0.932. The number of aryl methyl sites for hydroxylation is 2. The van der Waals surface area contributed by atoms with Gasteiger partial charge in [0.05, 0.1) is 0 Å². The van der Waals surface area contributed by atoms with Crippen LogP contribution in [0.25, 0.3) is 0 Å². The van der Waals surface area contributed by atoms with Crippen LogP contribution in [0.5, 0.6) is 0 Å². The first-order valence-corrected chi connectivity index (χ1v) is 7.16. The molecule has 0 bridgehead atoms. The van der Waals surface area contributed by atoms with Crippen molar-refractivity contribution in [1.29, 1.82) is 0 Å².